The number of ether oxygens (including phenoxy) is 1. The average Bonchev–Trinajstić information content (AvgIpc) is 2.71. The summed E-state index contributed by atoms with van der Waals surface area (Å²) in [5, 5.41) is 3.71. The number of methoxy groups -OCH3 is 1. The predicted molar refractivity (Wildman–Crippen MR) is 114 cm³/mol. The minimum atomic E-state index is -0.328. The number of piperazine rings is 1. The lowest BCUT2D eigenvalue weighted by Gasteiger charge is -2.38. The largest absolute Gasteiger partial charge is 0.383 e. The lowest BCUT2D eigenvalue weighted by atomic mass is 10.0. The summed E-state index contributed by atoms with van der Waals surface area (Å²) in [6, 6.07) is 15.3. The molecule has 1 heterocycles. The second kappa shape index (κ2) is 10.0. The van der Waals surface area contributed by atoms with Crippen molar-refractivity contribution in [2.75, 3.05) is 51.8 Å². The number of nitrogens with one attached hydrogen (secondary N) is 1. The number of carbonyl (C=O) groups excluding carboxylic acids is 1. The number of rotatable bonds is 7. The number of benzene rings is 2. The van der Waals surface area contributed by atoms with Crippen molar-refractivity contribution < 1.29 is 9.53 Å². The highest BCUT2D eigenvalue weighted by Crippen LogP contribution is 2.26. The Bertz CT molecular complexity index is 777. The Labute approximate surface area is 172 Å². The van der Waals surface area contributed by atoms with Gasteiger partial charge in [0.15, 0.2) is 0 Å². The molecule has 1 atom stereocenters. The predicted octanol–water partition coefficient (Wildman–Crippen LogP) is 3.59. The summed E-state index contributed by atoms with van der Waals surface area (Å²) in [5.74, 6) is -0.0311. The molecular formula is C22H28ClN3O2. The van der Waals surface area contributed by atoms with Gasteiger partial charge in [0.25, 0.3) is 0 Å². The van der Waals surface area contributed by atoms with E-state index in [9.17, 15) is 4.79 Å². The highest BCUT2D eigenvalue weighted by atomic mass is 35.5. The van der Waals surface area contributed by atoms with Crippen LogP contribution in [0.25, 0.3) is 0 Å². The molecule has 2 aromatic rings. The summed E-state index contributed by atoms with van der Waals surface area (Å²) < 4.78 is 5.18. The van der Waals surface area contributed by atoms with E-state index in [2.05, 4.69) is 15.1 Å². The molecule has 150 valence electrons. The van der Waals surface area contributed by atoms with Crippen molar-refractivity contribution in [1.82, 2.24) is 9.80 Å². The molecule has 1 aliphatic heterocycles. The lowest BCUT2D eigenvalue weighted by molar-refractivity contribution is -0.122. The minimum absolute atomic E-state index is 0.0311. The van der Waals surface area contributed by atoms with Gasteiger partial charge in [0.2, 0.25) is 5.91 Å². The minimum Gasteiger partial charge on any atom is -0.383 e. The van der Waals surface area contributed by atoms with E-state index in [0.29, 0.717) is 5.02 Å². The maximum absolute atomic E-state index is 13.2. The Hall–Kier alpha value is -1.92. The van der Waals surface area contributed by atoms with Crippen LogP contribution in [0.4, 0.5) is 5.69 Å². The van der Waals surface area contributed by atoms with Crippen molar-refractivity contribution in [3.05, 3.63) is 64.7 Å². The molecule has 1 fully saturated rings. The van der Waals surface area contributed by atoms with Gasteiger partial charge in [0, 0.05) is 50.5 Å². The third kappa shape index (κ3) is 5.32. The van der Waals surface area contributed by atoms with E-state index in [1.165, 1.54) is 0 Å². The maximum atomic E-state index is 13.2. The summed E-state index contributed by atoms with van der Waals surface area (Å²) in [5.41, 5.74) is 2.72. The number of aryl methyl sites for hydroxylation is 1. The van der Waals surface area contributed by atoms with Crippen LogP contribution in [0.2, 0.25) is 5.02 Å². The molecule has 6 heteroatoms. The average molecular weight is 402 g/mol. The van der Waals surface area contributed by atoms with Crippen LogP contribution < -0.4 is 5.32 Å². The highest BCUT2D eigenvalue weighted by molar-refractivity contribution is 6.31. The van der Waals surface area contributed by atoms with Gasteiger partial charge >= 0.3 is 0 Å². The quantitative estimate of drug-likeness (QED) is 0.770. The summed E-state index contributed by atoms with van der Waals surface area (Å²) in [4.78, 5) is 17.9. The van der Waals surface area contributed by atoms with E-state index in [-0.39, 0.29) is 11.9 Å². The number of anilines is 1. The van der Waals surface area contributed by atoms with Gasteiger partial charge in [0.1, 0.15) is 6.04 Å². The second-order valence-electron chi connectivity index (χ2n) is 7.14. The van der Waals surface area contributed by atoms with E-state index < -0.39 is 0 Å². The molecule has 1 aliphatic rings. The SMILES string of the molecule is COCCN1CCN([C@H](C(=O)Nc2ccc(C)c(Cl)c2)c2ccccc2)CC1. The zero-order valence-corrected chi connectivity index (χ0v) is 17.3. The van der Waals surface area contributed by atoms with Crippen molar-refractivity contribution in [2.45, 2.75) is 13.0 Å². The van der Waals surface area contributed by atoms with Crippen LogP contribution in [0.15, 0.2) is 48.5 Å². The fourth-order valence-corrected chi connectivity index (χ4v) is 3.69. The fourth-order valence-electron chi connectivity index (χ4n) is 3.51. The normalized spacial score (nSPS) is 16.7. The molecule has 1 saturated heterocycles. The van der Waals surface area contributed by atoms with Crippen LogP contribution in [-0.2, 0) is 9.53 Å². The molecule has 0 unspecified atom stereocenters. The molecule has 0 saturated carbocycles. The van der Waals surface area contributed by atoms with Crippen molar-refractivity contribution in [3.8, 4) is 0 Å². The second-order valence-corrected chi connectivity index (χ2v) is 7.54. The first kappa shape index (κ1) is 20.8. The number of amides is 1. The molecule has 28 heavy (non-hydrogen) atoms. The Balaban J connectivity index is 1.74. The number of hydrogen-bond acceptors (Lipinski definition) is 4. The summed E-state index contributed by atoms with van der Waals surface area (Å²) in [6.45, 7) is 7.14. The maximum Gasteiger partial charge on any atom is 0.246 e. The van der Waals surface area contributed by atoms with Gasteiger partial charge in [-0.25, -0.2) is 0 Å². The summed E-state index contributed by atoms with van der Waals surface area (Å²) >= 11 is 6.22. The van der Waals surface area contributed by atoms with Crippen LogP contribution in [0.3, 0.4) is 0 Å². The molecule has 0 aliphatic carbocycles. The van der Waals surface area contributed by atoms with E-state index >= 15 is 0 Å². The topological polar surface area (TPSA) is 44.8 Å². The first-order valence-corrected chi connectivity index (χ1v) is 10.0. The van der Waals surface area contributed by atoms with E-state index in [1.807, 2.05) is 49.4 Å². The fraction of sp³-hybridized carbons (Fsp3) is 0.409. The van der Waals surface area contributed by atoms with Gasteiger partial charge in [-0.15, -0.1) is 0 Å². The Kier molecular flexibility index (Phi) is 7.45. The molecule has 0 radical (unpaired) electrons. The first-order chi connectivity index (χ1) is 13.6. The molecule has 0 aromatic heterocycles. The van der Waals surface area contributed by atoms with Gasteiger partial charge in [-0.2, -0.15) is 0 Å². The standard InChI is InChI=1S/C22H28ClN3O2/c1-17-8-9-19(16-20(17)23)24-22(27)21(18-6-4-3-5-7-18)26-12-10-25(11-13-26)14-15-28-2/h3-9,16,21H,10-15H2,1-2H3,(H,24,27)/t21-/m0/s1. The summed E-state index contributed by atoms with van der Waals surface area (Å²) in [6.07, 6.45) is 0. The van der Waals surface area contributed by atoms with Crippen LogP contribution in [0, 0.1) is 6.92 Å². The Morgan fingerprint density at radius 3 is 2.50 bits per heavy atom. The molecule has 1 amide bonds. The van der Waals surface area contributed by atoms with E-state index in [0.717, 1.165) is 56.1 Å². The molecule has 2 aromatic carbocycles. The van der Waals surface area contributed by atoms with Gasteiger partial charge < -0.3 is 10.1 Å². The zero-order valence-electron chi connectivity index (χ0n) is 16.5. The Morgan fingerprint density at radius 1 is 1.14 bits per heavy atom. The van der Waals surface area contributed by atoms with E-state index in [4.69, 9.17) is 16.3 Å². The first-order valence-electron chi connectivity index (χ1n) is 9.66. The van der Waals surface area contributed by atoms with Gasteiger partial charge in [-0.3, -0.25) is 14.6 Å². The number of halogens is 1. The Morgan fingerprint density at radius 2 is 1.86 bits per heavy atom. The zero-order chi connectivity index (χ0) is 19.9. The van der Waals surface area contributed by atoms with Crippen molar-refractivity contribution in [1.29, 1.82) is 0 Å². The number of hydrogen-bond donors (Lipinski definition) is 1. The molecule has 0 spiro atoms. The molecule has 3 rings (SSSR count). The third-order valence-corrected chi connectivity index (χ3v) is 5.59. The molecule has 5 nitrogen and oxygen atoms in total. The summed E-state index contributed by atoms with van der Waals surface area (Å²) in [7, 11) is 1.73. The van der Waals surface area contributed by atoms with Crippen molar-refractivity contribution in [3.63, 3.8) is 0 Å². The van der Waals surface area contributed by atoms with Crippen molar-refractivity contribution >= 4 is 23.2 Å². The molecule has 0 bridgehead atoms. The van der Waals surface area contributed by atoms with E-state index in [1.54, 1.807) is 13.2 Å². The van der Waals surface area contributed by atoms with Crippen LogP contribution in [0.1, 0.15) is 17.2 Å². The van der Waals surface area contributed by atoms with Crippen molar-refractivity contribution in [2.24, 2.45) is 0 Å². The highest BCUT2D eigenvalue weighted by Gasteiger charge is 2.30. The van der Waals surface area contributed by atoms with Gasteiger partial charge in [-0.05, 0) is 30.2 Å². The van der Waals surface area contributed by atoms with Gasteiger partial charge in [-0.1, -0.05) is 48.0 Å². The lowest BCUT2D eigenvalue weighted by Crippen LogP contribution is -2.50. The van der Waals surface area contributed by atoms with Crippen LogP contribution >= 0.6 is 11.6 Å². The third-order valence-electron chi connectivity index (χ3n) is 5.19. The smallest absolute Gasteiger partial charge is 0.246 e. The molecular weight excluding hydrogens is 374 g/mol. The van der Waals surface area contributed by atoms with Crippen LogP contribution in [-0.4, -0.2) is 62.1 Å². The number of carbonyl (C=O) groups is 1. The number of nitrogens with zero attached hydrogens (tertiary/aromatic N) is 2. The van der Waals surface area contributed by atoms with Crippen LogP contribution in [0.5, 0.6) is 0 Å². The van der Waals surface area contributed by atoms with Gasteiger partial charge in [0.05, 0.1) is 6.61 Å². The monoisotopic (exact) mass is 401 g/mol. The molecule has 1 N–H and O–H groups in total.